The fourth-order valence-corrected chi connectivity index (χ4v) is 3.40. The predicted octanol–water partition coefficient (Wildman–Crippen LogP) is 4.39. The minimum absolute atomic E-state index is 0.119. The van der Waals surface area contributed by atoms with E-state index in [1.807, 2.05) is 24.3 Å². The Bertz CT molecular complexity index is 879. The monoisotopic (exact) mass is 436 g/mol. The fraction of sp³-hybridized carbons (Fsp3) is 0.391. The number of piperazine rings is 1. The van der Waals surface area contributed by atoms with Gasteiger partial charge in [0.25, 0.3) is 0 Å². The predicted molar refractivity (Wildman–Crippen MR) is 114 cm³/mol. The van der Waals surface area contributed by atoms with Crippen molar-refractivity contribution < 1.29 is 27.4 Å². The molecule has 1 fully saturated rings. The van der Waals surface area contributed by atoms with Crippen LogP contribution in [0.5, 0.6) is 17.2 Å². The fourth-order valence-electron chi connectivity index (χ4n) is 3.40. The van der Waals surface area contributed by atoms with Gasteiger partial charge in [-0.25, -0.2) is 0 Å². The van der Waals surface area contributed by atoms with Crippen molar-refractivity contribution in [1.29, 1.82) is 0 Å². The highest BCUT2D eigenvalue weighted by molar-refractivity contribution is 5.55. The Morgan fingerprint density at radius 3 is 2.29 bits per heavy atom. The van der Waals surface area contributed by atoms with Crippen molar-refractivity contribution in [1.82, 2.24) is 9.80 Å². The lowest BCUT2D eigenvalue weighted by atomic mass is 10.2. The molecule has 1 aliphatic heterocycles. The molecule has 1 aliphatic rings. The second-order valence-electron chi connectivity index (χ2n) is 7.15. The Hall–Kier alpha value is -2.87. The smallest absolute Gasteiger partial charge is 0.419 e. The summed E-state index contributed by atoms with van der Waals surface area (Å²) in [7, 11) is 3.21. The van der Waals surface area contributed by atoms with Crippen LogP contribution in [0.2, 0.25) is 0 Å². The molecule has 0 aromatic heterocycles. The van der Waals surface area contributed by atoms with Gasteiger partial charge in [0.05, 0.1) is 19.8 Å². The summed E-state index contributed by atoms with van der Waals surface area (Å²) in [5.41, 5.74) is 0.275. The molecule has 0 saturated carbocycles. The van der Waals surface area contributed by atoms with Crippen molar-refractivity contribution in [3.05, 3.63) is 59.8 Å². The number of ether oxygens (including phenoxy) is 3. The molecule has 0 aliphatic carbocycles. The molecule has 3 rings (SSSR count). The first-order valence-electron chi connectivity index (χ1n) is 10.1. The third-order valence-corrected chi connectivity index (χ3v) is 5.15. The summed E-state index contributed by atoms with van der Waals surface area (Å²) in [5.74, 6) is 1.25. The van der Waals surface area contributed by atoms with Crippen molar-refractivity contribution in [2.75, 3.05) is 53.6 Å². The van der Waals surface area contributed by atoms with Gasteiger partial charge in [0.15, 0.2) is 11.5 Å². The second kappa shape index (κ2) is 10.4. The molecule has 1 heterocycles. The van der Waals surface area contributed by atoms with Crippen LogP contribution in [-0.4, -0.2) is 63.4 Å². The van der Waals surface area contributed by atoms with Crippen molar-refractivity contribution in [3.63, 3.8) is 0 Å². The topological polar surface area (TPSA) is 34.2 Å². The molecule has 2 aromatic rings. The zero-order valence-electron chi connectivity index (χ0n) is 17.7. The van der Waals surface area contributed by atoms with E-state index in [0.29, 0.717) is 18.0 Å². The highest BCUT2D eigenvalue weighted by Gasteiger charge is 2.34. The number of nitrogens with zero attached hydrogens (tertiary/aromatic N) is 2. The summed E-state index contributed by atoms with van der Waals surface area (Å²) in [4.78, 5) is 4.41. The SMILES string of the molecule is COc1ccc(C=CN2CCN(CCOc3ccccc3C(F)(F)F)CC2)cc1OC. The Morgan fingerprint density at radius 2 is 1.61 bits per heavy atom. The van der Waals surface area contributed by atoms with E-state index in [1.165, 1.54) is 12.1 Å². The Morgan fingerprint density at radius 1 is 0.903 bits per heavy atom. The average molecular weight is 436 g/mol. The van der Waals surface area contributed by atoms with Crippen LogP contribution in [0.25, 0.3) is 6.08 Å². The summed E-state index contributed by atoms with van der Waals surface area (Å²) in [5, 5.41) is 0. The minimum Gasteiger partial charge on any atom is -0.493 e. The molecule has 0 atom stereocenters. The zero-order valence-corrected chi connectivity index (χ0v) is 17.7. The van der Waals surface area contributed by atoms with Crippen LogP contribution in [-0.2, 0) is 6.18 Å². The highest BCUT2D eigenvalue weighted by atomic mass is 19.4. The number of benzene rings is 2. The first-order valence-corrected chi connectivity index (χ1v) is 10.1. The van der Waals surface area contributed by atoms with Gasteiger partial charge in [0, 0.05) is 32.7 Å². The summed E-state index contributed by atoms with van der Waals surface area (Å²) in [6.45, 7) is 4.11. The molecule has 8 heteroatoms. The number of alkyl halides is 3. The first-order chi connectivity index (χ1) is 14.9. The molecular weight excluding hydrogens is 409 g/mol. The van der Waals surface area contributed by atoms with Crippen LogP contribution in [0, 0.1) is 0 Å². The lowest BCUT2D eigenvalue weighted by Crippen LogP contribution is -2.45. The van der Waals surface area contributed by atoms with E-state index in [9.17, 15) is 13.2 Å². The average Bonchev–Trinajstić information content (AvgIpc) is 2.78. The van der Waals surface area contributed by atoms with Gasteiger partial charge in [0.2, 0.25) is 0 Å². The molecule has 0 bridgehead atoms. The van der Waals surface area contributed by atoms with Gasteiger partial charge in [-0.3, -0.25) is 4.90 Å². The van der Waals surface area contributed by atoms with Gasteiger partial charge in [-0.15, -0.1) is 0 Å². The summed E-state index contributed by atoms with van der Waals surface area (Å²) >= 11 is 0. The normalized spacial score (nSPS) is 15.3. The Labute approximate surface area is 180 Å². The maximum Gasteiger partial charge on any atom is 0.419 e. The Kier molecular flexibility index (Phi) is 7.68. The number of hydrogen-bond acceptors (Lipinski definition) is 5. The maximum atomic E-state index is 13.0. The largest absolute Gasteiger partial charge is 0.493 e. The van der Waals surface area contributed by atoms with Gasteiger partial charge < -0.3 is 19.1 Å². The van der Waals surface area contributed by atoms with E-state index in [1.54, 1.807) is 20.3 Å². The van der Waals surface area contributed by atoms with E-state index < -0.39 is 11.7 Å². The molecule has 0 radical (unpaired) electrons. The van der Waals surface area contributed by atoms with E-state index in [2.05, 4.69) is 16.0 Å². The number of hydrogen-bond donors (Lipinski definition) is 0. The quantitative estimate of drug-likeness (QED) is 0.613. The van der Waals surface area contributed by atoms with Gasteiger partial charge in [0.1, 0.15) is 12.4 Å². The molecule has 5 nitrogen and oxygen atoms in total. The first kappa shape index (κ1) is 22.8. The molecule has 0 amide bonds. The number of halogens is 3. The van der Waals surface area contributed by atoms with Gasteiger partial charge in [-0.05, 0) is 42.1 Å². The lowest BCUT2D eigenvalue weighted by molar-refractivity contribution is -0.139. The van der Waals surface area contributed by atoms with Crippen LogP contribution in [0.3, 0.4) is 0 Å². The van der Waals surface area contributed by atoms with E-state index in [0.717, 1.165) is 37.8 Å². The number of rotatable bonds is 8. The van der Waals surface area contributed by atoms with Crippen molar-refractivity contribution in [3.8, 4) is 17.2 Å². The van der Waals surface area contributed by atoms with Crippen LogP contribution in [0.15, 0.2) is 48.7 Å². The van der Waals surface area contributed by atoms with Crippen LogP contribution in [0.1, 0.15) is 11.1 Å². The molecule has 168 valence electrons. The van der Waals surface area contributed by atoms with Gasteiger partial charge in [-0.1, -0.05) is 18.2 Å². The van der Waals surface area contributed by atoms with Gasteiger partial charge >= 0.3 is 6.18 Å². The summed E-state index contributed by atoms with van der Waals surface area (Å²) in [6, 6.07) is 11.1. The van der Waals surface area contributed by atoms with Crippen molar-refractivity contribution >= 4 is 6.08 Å². The standard InChI is InChI=1S/C23H27F3N2O3/c1-29-21-8-7-18(17-22(21)30-2)9-10-27-11-13-28(14-12-27)15-16-31-20-6-4-3-5-19(20)23(24,25)26/h3-10,17H,11-16H2,1-2H3. The molecule has 2 aromatic carbocycles. The van der Waals surface area contributed by atoms with Crippen LogP contribution in [0.4, 0.5) is 13.2 Å². The third kappa shape index (κ3) is 6.30. The number of para-hydroxylation sites is 1. The molecule has 0 unspecified atom stereocenters. The van der Waals surface area contributed by atoms with Gasteiger partial charge in [-0.2, -0.15) is 13.2 Å². The molecular formula is C23H27F3N2O3. The van der Waals surface area contributed by atoms with E-state index in [-0.39, 0.29) is 12.4 Å². The zero-order chi connectivity index (χ0) is 22.3. The van der Waals surface area contributed by atoms with Crippen LogP contribution >= 0.6 is 0 Å². The molecule has 31 heavy (non-hydrogen) atoms. The van der Waals surface area contributed by atoms with Crippen molar-refractivity contribution in [2.24, 2.45) is 0 Å². The minimum atomic E-state index is -4.41. The van der Waals surface area contributed by atoms with Crippen molar-refractivity contribution in [2.45, 2.75) is 6.18 Å². The van der Waals surface area contributed by atoms with E-state index in [4.69, 9.17) is 14.2 Å². The summed E-state index contributed by atoms with van der Waals surface area (Å²) in [6.07, 6.45) is -0.341. The third-order valence-electron chi connectivity index (χ3n) is 5.15. The molecule has 1 saturated heterocycles. The van der Waals surface area contributed by atoms with E-state index >= 15 is 0 Å². The Balaban J connectivity index is 1.45. The maximum absolute atomic E-state index is 13.0. The second-order valence-corrected chi connectivity index (χ2v) is 7.15. The number of methoxy groups -OCH3 is 2. The summed E-state index contributed by atoms with van der Waals surface area (Å²) < 4.78 is 55.1. The highest BCUT2D eigenvalue weighted by Crippen LogP contribution is 2.35. The molecule has 0 spiro atoms. The van der Waals surface area contributed by atoms with Crippen LogP contribution < -0.4 is 14.2 Å². The molecule has 0 N–H and O–H groups in total. The lowest BCUT2D eigenvalue weighted by Gasteiger charge is -2.34.